The van der Waals surface area contributed by atoms with Gasteiger partial charge >= 0.3 is 12.3 Å². The van der Waals surface area contributed by atoms with Crippen LogP contribution in [0.15, 0.2) is 0 Å². The van der Waals surface area contributed by atoms with Crippen LogP contribution < -0.4 is 0 Å². The summed E-state index contributed by atoms with van der Waals surface area (Å²) in [5.41, 5.74) is 0. The van der Waals surface area contributed by atoms with Crippen LogP contribution in [0.3, 0.4) is 0 Å². The van der Waals surface area contributed by atoms with Crippen molar-refractivity contribution < 1.29 is 27.8 Å². The molecule has 1 aliphatic carbocycles. The van der Waals surface area contributed by atoms with Crippen molar-refractivity contribution in [2.24, 2.45) is 5.92 Å². The van der Waals surface area contributed by atoms with Crippen LogP contribution in [0.2, 0.25) is 0 Å². The lowest BCUT2D eigenvalue weighted by molar-refractivity contribution is -0.200. The molecule has 7 heteroatoms. The number of cyclic esters (lactones) is 1. The van der Waals surface area contributed by atoms with Gasteiger partial charge in [-0.25, -0.2) is 4.79 Å². The minimum absolute atomic E-state index is 0.0285. The summed E-state index contributed by atoms with van der Waals surface area (Å²) >= 11 is 0. The standard InChI is InChI=1S/C10H14F3NO3/c11-10(12,13)7-2-1-6(15)5-8(7)14-3-4-17-9(14)16/h6-8,15H,1-5H2. The number of aliphatic hydroxyl groups excluding tert-OH is 1. The Morgan fingerprint density at radius 3 is 2.59 bits per heavy atom. The molecule has 1 saturated heterocycles. The average molecular weight is 253 g/mol. The molecule has 1 aliphatic heterocycles. The van der Waals surface area contributed by atoms with Crippen LogP contribution in [-0.4, -0.2) is 47.6 Å². The molecule has 0 aromatic carbocycles. The molecule has 2 aliphatic rings. The van der Waals surface area contributed by atoms with Gasteiger partial charge in [0.2, 0.25) is 0 Å². The Morgan fingerprint density at radius 2 is 2.06 bits per heavy atom. The number of hydrogen-bond donors (Lipinski definition) is 1. The van der Waals surface area contributed by atoms with Crippen molar-refractivity contribution in [3.63, 3.8) is 0 Å². The Labute approximate surface area is 96.3 Å². The van der Waals surface area contributed by atoms with E-state index < -0.39 is 30.3 Å². The first-order valence-electron chi connectivity index (χ1n) is 5.58. The molecule has 2 rings (SSSR count). The number of hydrogen-bond acceptors (Lipinski definition) is 3. The van der Waals surface area contributed by atoms with Gasteiger partial charge in [-0.05, 0) is 19.3 Å². The lowest BCUT2D eigenvalue weighted by Crippen LogP contribution is -2.51. The van der Waals surface area contributed by atoms with Crippen molar-refractivity contribution in [2.45, 2.75) is 37.6 Å². The van der Waals surface area contributed by atoms with Gasteiger partial charge in [0.1, 0.15) is 6.61 Å². The highest BCUT2D eigenvalue weighted by Crippen LogP contribution is 2.40. The summed E-state index contributed by atoms with van der Waals surface area (Å²) in [6, 6.07) is -0.992. The van der Waals surface area contributed by atoms with E-state index in [0.717, 1.165) is 4.90 Å². The van der Waals surface area contributed by atoms with E-state index in [1.165, 1.54) is 0 Å². The predicted molar refractivity (Wildman–Crippen MR) is 51.2 cm³/mol. The summed E-state index contributed by atoms with van der Waals surface area (Å²) in [6.45, 7) is 0.290. The second-order valence-corrected chi connectivity index (χ2v) is 4.49. The van der Waals surface area contributed by atoms with Gasteiger partial charge in [-0.3, -0.25) is 0 Å². The van der Waals surface area contributed by atoms with Gasteiger partial charge in [-0.2, -0.15) is 13.2 Å². The Kier molecular flexibility index (Phi) is 3.20. The SMILES string of the molecule is O=C1OCCN1C1CC(O)CCC1C(F)(F)F. The van der Waals surface area contributed by atoms with Crippen LogP contribution in [0.1, 0.15) is 19.3 Å². The number of rotatable bonds is 1. The minimum atomic E-state index is -4.34. The van der Waals surface area contributed by atoms with E-state index in [4.69, 9.17) is 0 Å². The van der Waals surface area contributed by atoms with Crippen LogP contribution in [0.5, 0.6) is 0 Å². The van der Waals surface area contributed by atoms with Gasteiger partial charge in [0.25, 0.3) is 0 Å². The molecule has 0 spiro atoms. The van der Waals surface area contributed by atoms with Crippen LogP contribution in [0.25, 0.3) is 0 Å². The minimum Gasteiger partial charge on any atom is -0.448 e. The maximum atomic E-state index is 12.8. The number of nitrogens with zero attached hydrogens (tertiary/aromatic N) is 1. The molecule has 17 heavy (non-hydrogen) atoms. The van der Waals surface area contributed by atoms with E-state index in [9.17, 15) is 23.1 Å². The van der Waals surface area contributed by atoms with Crippen LogP contribution >= 0.6 is 0 Å². The highest BCUT2D eigenvalue weighted by atomic mass is 19.4. The fourth-order valence-electron chi connectivity index (χ4n) is 2.56. The molecule has 1 N–H and O–H groups in total. The molecule has 2 fully saturated rings. The topological polar surface area (TPSA) is 49.8 Å². The second-order valence-electron chi connectivity index (χ2n) is 4.49. The van der Waals surface area contributed by atoms with Gasteiger partial charge in [0.05, 0.1) is 18.6 Å². The van der Waals surface area contributed by atoms with Gasteiger partial charge in [-0.1, -0.05) is 0 Å². The molecule has 0 aromatic rings. The fourth-order valence-corrected chi connectivity index (χ4v) is 2.56. The highest BCUT2D eigenvalue weighted by molar-refractivity contribution is 5.69. The number of ether oxygens (including phenoxy) is 1. The third-order valence-corrected chi connectivity index (χ3v) is 3.40. The number of aliphatic hydroxyl groups is 1. The molecule has 1 heterocycles. The summed E-state index contributed by atoms with van der Waals surface area (Å²) in [5, 5.41) is 9.46. The van der Waals surface area contributed by atoms with Gasteiger partial charge < -0.3 is 14.7 Å². The van der Waals surface area contributed by atoms with Crippen molar-refractivity contribution in [3.05, 3.63) is 0 Å². The zero-order valence-electron chi connectivity index (χ0n) is 9.11. The number of amides is 1. The molecular formula is C10H14F3NO3. The number of halogens is 3. The molecule has 4 nitrogen and oxygen atoms in total. The maximum Gasteiger partial charge on any atom is 0.410 e. The molecular weight excluding hydrogens is 239 g/mol. The third-order valence-electron chi connectivity index (χ3n) is 3.40. The second kappa shape index (κ2) is 4.36. The van der Waals surface area contributed by atoms with Gasteiger partial charge in [-0.15, -0.1) is 0 Å². The smallest absolute Gasteiger partial charge is 0.410 e. The Morgan fingerprint density at radius 1 is 1.35 bits per heavy atom. The number of carbonyl (C=O) groups is 1. The lowest BCUT2D eigenvalue weighted by Gasteiger charge is -2.39. The molecule has 0 radical (unpaired) electrons. The Hall–Kier alpha value is -0.980. The highest BCUT2D eigenvalue weighted by Gasteiger charge is 2.51. The van der Waals surface area contributed by atoms with Crippen LogP contribution in [0.4, 0.5) is 18.0 Å². The first-order chi connectivity index (χ1) is 7.89. The van der Waals surface area contributed by atoms with E-state index in [-0.39, 0.29) is 32.4 Å². The van der Waals surface area contributed by atoms with Crippen molar-refractivity contribution in [3.8, 4) is 0 Å². The largest absolute Gasteiger partial charge is 0.448 e. The van der Waals surface area contributed by atoms with Gasteiger partial charge in [0.15, 0.2) is 0 Å². The lowest BCUT2D eigenvalue weighted by atomic mass is 9.81. The third kappa shape index (κ3) is 2.48. The number of carbonyl (C=O) groups excluding carboxylic acids is 1. The molecule has 98 valence electrons. The molecule has 0 bridgehead atoms. The summed E-state index contributed by atoms with van der Waals surface area (Å²) in [4.78, 5) is 12.4. The van der Waals surface area contributed by atoms with E-state index in [1.807, 2.05) is 0 Å². The van der Waals surface area contributed by atoms with Crippen LogP contribution in [0, 0.1) is 5.92 Å². The summed E-state index contributed by atoms with van der Waals surface area (Å²) < 4.78 is 43.2. The van der Waals surface area contributed by atoms with E-state index in [0.29, 0.717) is 0 Å². The zero-order chi connectivity index (χ0) is 12.6. The first kappa shape index (κ1) is 12.5. The quantitative estimate of drug-likeness (QED) is 0.771. The molecule has 1 saturated carbocycles. The van der Waals surface area contributed by atoms with Gasteiger partial charge in [0, 0.05) is 6.04 Å². The first-order valence-corrected chi connectivity index (χ1v) is 5.58. The normalized spacial score (nSPS) is 34.9. The molecule has 1 amide bonds. The fraction of sp³-hybridized carbons (Fsp3) is 0.900. The van der Waals surface area contributed by atoms with Crippen molar-refractivity contribution in [2.75, 3.05) is 13.2 Å². The van der Waals surface area contributed by atoms with E-state index >= 15 is 0 Å². The average Bonchev–Trinajstić information content (AvgIpc) is 2.62. The molecule has 3 unspecified atom stereocenters. The van der Waals surface area contributed by atoms with Crippen molar-refractivity contribution in [1.29, 1.82) is 0 Å². The van der Waals surface area contributed by atoms with Crippen LogP contribution in [-0.2, 0) is 4.74 Å². The molecule has 3 atom stereocenters. The van der Waals surface area contributed by atoms with E-state index in [2.05, 4.69) is 4.74 Å². The Bertz CT molecular complexity index is 308. The zero-order valence-corrected chi connectivity index (χ0v) is 9.11. The summed E-state index contributed by atoms with van der Waals surface area (Å²) in [6.07, 6.45) is -5.86. The Balaban J connectivity index is 2.16. The summed E-state index contributed by atoms with van der Waals surface area (Å²) in [5.74, 6) is -1.56. The monoisotopic (exact) mass is 253 g/mol. The maximum absolute atomic E-state index is 12.8. The predicted octanol–water partition coefficient (Wildman–Crippen LogP) is 1.53. The van der Waals surface area contributed by atoms with Crippen molar-refractivity contribution >= 4 is 6.09 Å². The summed E-state index contributed by atoms with van der Waals surface area (Å²) in [7, 11) is 0. The number of alkyl halides is 3. The van der Waals surface area contributed by atoms with E-state index in [1.54, 1.807) is 0 Å². The van der Waals surface area contributed by atoms with Crippen molar-refractivity contribution in [1.82, 2.24) is 4.90 Å². The molecule has 0 aromatic heterocycles.